The quantitative estimate of drug-likeness (QED) is 0.709. The molecule has 0 fully saturated rings. The van der Waals surface area contributed by atoms with Gasteiger partial charge >= 0.3 is 6.18 Å². The van der Waals surface area contributed by atoms with Crippen molar-refractivity contribution in [2.75, 3.05) is 11.9 Å². The van der Waals surface area contributed by atoms with Crippen molar-refractivity contribution in [2.24, 2.45) is 0 Å². The minimum atomic E-state index is -4.19. The molecule has 1 rings (SSSR count). The molecule has 0 bridgehead atoms. The molecule has 0 aromatic carbocycles. The molecule has 1 N–H and O–H groups in total. The number of nitrogens with one attached hydrogen (secondary N) is 1. The molecule has 1 aromatic rings. The van der Waals surface area contributed by atoms with Crippen molar-refractivity contribution in [3.05, 3.63) is 15.1 Å². The van der Waals surface area contributed by atoms with Crippen molar-refractivity contribution < 1.29 is 13.2 Å². The molecule has 0 atom stereocenters. The summed E-state index contributed by atoms with van der Waals surface area (Å²) in [5.74, 6) is 0.880. The number of rotatable bonds is 5. The summed E-state index contributed by atoms with van der Waals surface area (Å²) in [4.78, 5) is 8.61. The Balaban J connectivity index is 3.13. The van der Waals surface area contributed by atoms with E-state index in [1.165, 1.54) is 0 Å². The molecule has 1 heterocycles. The molecule has 1 aromatic heterocycles. The maximum absolute atomic E-state index is 12.4. The van der Waals surface area contributed by atoms with Crippen LogP contribution in [0.1, 0.15) is 52.1 Å². The van der Waals surface area contributed by atoms with Gasteiger partial charge in [-0.05, 0) is 29.0 Å². The van der Waals surface area contributed by atoms with Crippen LogP contribution in [0.2, 0.25) is 0 Å². The number of hydrogen-bond acceptors (Lipinski definition) is 3. The third kappa shape index (κ3) is 5.96. The van der Waals surface area contributed by atoms with Gasteiger partial charge in [-0.1, -0.05) is 27.7 Å². The molecule has 7 heteroatoms. The molecule has 0 spiro atoms. The molecular formula is C14H21F3IN3. The summed E-state index contributed by atoms with van der Waals surface area (Å²) in [6.45, 7) is 8.74. The van der Waals surface area contributed by atoms with E-state index < -0.39 is 12.6 Å². The lowest BCUT2D eigenvalue weighted by Crippen LogP contribution is -2.21. The number of anilines is 1. The van der Waals surface area contributed by atoms with E-state index >= 15 is 0 Å². The van der Waals surface area contributed by atoms with Gasteiger partial charge in [0.15, 0.2) is 0 Å². The van der Waals surface area contributed by atoms with E-state index in [-0.39, 0.29) is 17.7 Å². The fraction of sp³-hybridized carbons (Fsp3) is 0.714. The largest absolute Gasteiger partial charge is 0.389 e. The highest BCUT2D eigenvalue weighted by Gasteiger charge is 2.28. The molecule has 0 amide bonds. The summed E-state index contributed by atoms with van der Waals surface area (Å²) >= 11 is 2.16. The third-order valence-electron chi connectivity index (χ3n) is 2.78. The Hall–Kier alpha value is -0.600. The van der Waals surface area contributed by atoms with Crippen LogP contribution < -0.4 is 5.32 Å². The van der Waals surface area contributed by atoms with Crippen molar-refractivity contribution in [3.63, 3.8) is 0 Å². The van der Waals surface area contributed by atoms with Crippen LogP contribution in [-0.2, 0) is 11.8 Å². The summed E-state index contributed by atoms with van der Waals surface area (Å²) in [6.07, 6.45) is -4.36. The van der Waals surface area contributed by atoms with Crippen LogP contribution in [0.3, 0.4) is 0 Å². The van der Waals surface area contributed by atoms with Crippen LogP contribution in [0.5, 0.6) is 0 Å². The summed E-state index contributed by atoms with van der Waals surface area (Å²) in [5, 5.41) is 3.17. The number of hydrogen-bond donors (Lipinski definition) is 1. The van der Waals surface area contributed by atoms with Crippen LogP contribution in [0.4, 0.5) is 19.0 Å². The average molecular weight is 415 g/mol. The van der Waals surface area contributed by atoms with Crippen LogP contribution in [0.15, 0.2) is 0 Å². The van der Waals surface area contributed by atoms with Gasteiger partial charge in [-0.25, -0.2) is 9.97 Å². The van der Waals surface area contributed by atoms with Crippen molar-refractivity contribution in [1.29, 1.82) is 0 Å². The summed E-state index contributed by atoms with van der Waals surface area (Å²) in [5.41, 5.74) is 0.545. The first-order valence-electron chi connectivity index (χ1n) is 6.92. The fourth-order valence-corrected chi connectivity index (χ4v) is 2.96. The van der Waals surface area contributed by atoms with E-state index in [2.05, 4.69) is 37.9 Å². The van der Waals surface area contributed by atoms with Crippen LogP contribution >= 0.6 is 22.6 Å². The first kappa shape index (κ1) is 18.4. The molecule has 0 radical (unpaired) electrons. The Morgan fingerprint density at radius 1 is 1.14 bits per heavy atom. The maximum Gasteiger partial charge on any atom is 0.389 e. The summed E-state index contributed by atoms with van der Waals surface area (Å²) in [7, 11) is 0. The zero-order valence-electron chi connectivity index (χ0n) is 12.7. The number of aromatic nitrogens is 2. The molecule has 0 aliphatic carbocycles. The second-order valence-corrected chi connectivity index (χ2v) is 7.02. The van der Waals surface area contributed by atoms with Crippen molar-refractivity contribution in [3.8, 4) is 0 Å². The Morgan fingerprint density at radius 2 is 1.76 bits per heavy atom. The first-order valence-corrected chi connectivity index (χ1v) is 8.00. The van der Waals surface area contributed by atoms with Gasteiger partial charge in [-0.3, -0.25) is 0 Å². The molecule has 120 valence electrons. The monoisotopic (exact) mass is 415 g/mol. The lowest BCUT2D eigenvalue weighted by Gasteiger charge is -2.22. The highest BCUT2D eigenvalue weighted by molar-refractivity contribution is 14.1. The second-order valence-electron chi connectivity index (χ2n) is 5.94. The van der Waals surface area contributed by atoms with Gasteiger partial charge in [0.05, 0.1) is 15.7 Å². The number of nitrogens with zero attached hydrogens (tertiary/aromatic N) is 2. The topological polar surface area (TPSA) is 37.8 Å². The molecule has 21 heavy (non-hydrogen) atoms. The predicted octanol–water partition coefficient (Wildman–Crippen LogP) is 4.70. The van der Waals surface area contributed by atoms with Gasteiger partial charge < -0.3 is 5.32 Å². The highest BCUT2D eigenvalue weighted by atomic mass is 127. The van der Waals surface area contributed by atoms with Crippen molar-refractivity contribution >= 4 is 28.4 Å². The standard InChI is InChI=1S/C14H21F3IN3/c1-5-8-19-12-10(18)11(13(2,3)4)20-9(21-12)6-7-14(15,16)17/h5-8H2,1-4H3,(H,19,20,21). The molecule has 0 aliphatic heterocycles. The SMILES string of the molecule is CCCNc1nc(CCC(F)(F)F)nc(C(C)(C)C)c1I. The van der Waals surface area contributed by atoms with Gasteiger partial charge in [-0.15, -0.1) is 0 Å². The zero-order chi connectivity index (χ0) is 16.3. The predicted molar refractivity (Wildman–Crippen MR) is 86.6 cm³/mol. The Kier molecular flexibility index (Phi) is 6.24. The number of alkyl halides is 3. The molecular weight excluding hydrogens is 394 g/mol. The van der Waals surface area contributed by atoms with Crippen molar-refractivity contribution in [2.45, 2.75) is 58.5 Å². The highest BCUT2D eigenvalue weighted by Crippen LogP contribution is 2.30. The normalized spacial score (nSPS) is 12.6. The fourth-order valence-electron chi connectivity index (χ4n) is 1.72. The van der Waals surface area contributed by atoms with Crippen LogP contribution in [0, 0.1) is 3.57 Å². The molecule has 0 aliphatic rings. The molecule has 3 nitrogen and oxygen atoms in total. The number of halogens is 4. The summed E-state index contributed by atoms with van der Waals surface area (Å²) < 4.78 is 38.0. The smallest absolute Gasteiger partial charge is 0.369 e. The van der Waals surface area contributed by atoms with E-state index in [1.807, 2.05) is 27.7 Å². The third-order valence-corrected chi connectivity index (χ3v) is 3.80. The van der Waals surface area contributed by atoms with Gasteiger partial charge in [0.25, 0.3) is 0 Å². The molecule has 0 saturated carbocycles. The average Bonchev–Trinajstić information content (AvgIpc) is 2.33. The second kappa shape index (κ2) is 7.11. The number of aryl methyl sites for hydroxylation is 1. The van der Waals surface area contributed by atoms with Gasteiger partial charge in [0.1, 0.15) is 11.6 Å². The van der Waals surface area contributed by atoms with E-state index in [1.54, 1.807) is 0 Å². The van der Waals surface area contributed by atoms with Gasteiger partial charge in [-0.2, -0.15) is 13.2 Å². The maximum atomic E-state index is 12.4. The molecule has 0 unspecified atom stereocenters. The Bertz CT molecular complexity index is 482. The minimum absolute atomic E-state index is 0.190. The van der Waals surface area contributed by atoms with E-state index in [0.717, 1.165) is 22.2 Å². The van der Waals surface area contributed by atoms with E-state index in [0.29, 0.717) is 5.82 Å². The van der Waals surface area contributed by atoms with Crippen LogP contribution in [-0.4, -0.2) is 22.7 Å². The van der Waals surface area contributed by atoms with Gasteiger partial charge in [0.2, 0.25) is 0 Å². The first-order chi connectivity index (χ1) is 9.54. The lowest BCUT2D eigenvalue weighted by atomic mass is 9.92. The summed E-state index contributed by atoms with van der Waals surface area (Å²) in [6, 6.07) is 0. The lowest BCUT2D eigenvalue weighted by molar-refractivity contribution is -0.134. The zero-order valence-corrected chi connectivity index (χ0v) is 14.9. The Morgan fingerprint density at radius 3 is 2.24 bits per heavy atom. The van der Waals surface area contributed by atoms with Gasteiger partial charge in [0, 0.05) is 18.4 Å². The van der Waals surface area contributed by atoms with E-state index in [4.69, 9.17) is 0 Å². The van der Waals surface area contributed by atoms with Crippen molar-refractivity contribution in [1.82, 2.24) is 9.97 Å². The molecule has 0 saturated heterocycles. The Labute approximate surface area is 137 Å². The van der Waals surface area contributed by atoms with E-state index in [9.17, 15) is 13.2 Å². The van der Waals surface area contributed by atoms with Crippen LogP contribution in [0.25, 0.3) is 0 Å². The minimum Gasteiger partial charge on any atom is -0.369 e.